The molecule has 0 fully saturated rings. The first-order valence-corrected chi connectivity index (χ1v) is 9.83. The Bertz CT molecular complexity index is 852. The Labute approximate surface area is 168 Å². The molecule has 1 heterocycles. The lowest BCUT2D eigenvalue weighted by Crippen LogP contribution is -2.34. The molecule has 0 aliphatic carbocycles. The van der Waals surface area contributed by atoms with E-state index < -0.39 is 5.60 Å². The second kappa shape index (κ2) is 8.17. The zero-order valence-electron chi connectivity index (χ0n) is 17.7. The molecule has 2 aromatic carbocycles. The van der Waals surface area contributed by atoms with Gasteiger partial charge in [-0.2, -0.15) is 0 Å². The highest BCUT2D eigenvalue weighted by atomic mass is 16.5. The molecule has 3 rings (SSSR count). The molecule has 0 N–H and O–H groups in total. The molecule has 0 saturated carbocycles. The summed E-state index contributed by atoms with van der Waals surface area (Å²) in [5.41, 5.74) is 2.74. The first kappa shape index (κ1) is 20.1. The summed E-state index contributed by atoms with van der Waals surface area (Å²) in [7, 11) is 3.31. The summed E-state index contributed by atoms with van der Waals surface area (Å²) >= 11 is 0. The Morgan fingerprint density at radius 2 is 1.64 bits per heavy atom. The van der Waals surface area contributed by atoms with Gasteiger partial charge in [0.15, 0.2) is 11.5 Å². The van der Waals surface area contributed by atoms with Crippen LogP contribution >= 0.6 is 0 Å². The molecular weight excluding hydrogens is 352 g/mol. The van der Waals surface area contributed by atoms with Crippen LogP contribution in [-0.2, 0) is 10.3 Å². The molecule has 4 heteroatoms. The predicted octanol–water partition coefficient (Wildman–Crippen LogP) is 5.89. The zero-order chi connectivity index (χ0) is 20.3. The van der Waals surface area contributed by atoms with Crippen LogP contribution in [0.2, 0.25) is 0 Å². The van der Waals surface area contributed by atoms with E-state index in [-0.39, 0.29) is 5.92 Å². The largest absolute Gasteiger partial charge is 0.494 e. The maximum absolute atomic E-state index is 6.57. The van der Waals surface area contributed by atoms with Gasteiger partial charge >= 0.3 is 0 Å². The lowest BCUT2D eigenvalue weighted by Gasteiger charge is -2.40. The van der Waals surface area contributed by atoms with Crippen LogP contribution in [0.25, 0.3) is 11.8 Å². The van der Waals surface area contributed by atoms with Crippen LogP contribution in [0.15, 0.2) is 36.4 Å². The van der Waals surface area contributed by atoms with Crippen LogP contribution in [-0.4, -0.2) is 20.8 Å². The minimum atomic E-state index is -0.476. The highest BCUT2D eigenvalue weighted by molar-refractivity contribution is 5.82. The second-order valence-corrected chi connectivity index (χ2v) is 7.54. The van der Waals surface area contributed by atoms with Gasteiger partial charge in [-0.15, -0.1) is 0 Å². The van der Waals surface area contributed by atoms with Gasteiger partial charge in [-0.25, -0.2) is 0 Å². The number of methoxy groups -OCH3 is 2. The van der Waals surface area contributed by atoms with Crippen molar-refractivity contribution in [2.75, 3.05) is 20.8 Å². The fraction of sp³-hybridized carbons (Fsp3) is 0.417. The monoisotopic (exact) mass is 382 g/mol. The van der Waals surface area contributed by atoms with Crippen LogP contribution in [0.4, 0.5) is 0 Å². The normalized spacial score (nSPS) is 18.2. The Balaban J connectivity index is 2.06. The molecule has 0 aromatic heterocycles. The van der Waals surface area contributed by atoms with E-state index in [1.165, 1.54) is 0 Å². The lowest BCUT2D eigenvalue weighted by molar-refractivity contribution is 0.00657. The van der Waals surface area contributed by atoms with E-state index in [2.05, 4.69) is 33.8 Å². The number of hydrogen-bond donors (Lipinski definition) is 0. The van der Waals surface area contributed by atoms with Crippen LogP contribution in [0, 0.1) is 5.92 Å². The molecule has 0 spiro atoms. The maximum atomic E-state index is 6.57. The van der Waals surface area contributed by atoms with Gasteiger partial charge in [0.25, 0.3) is 0 Å². The summed E-state index contributed by atoms with van der Waals surface area (Å²) in [5, 5.41) is 0. The summed E-state index contributed by atoms with van der Waals surface area (Å²) in [6.45, 7) is 9.30. The van der Waals surface area contributed by atoms with E-state index >= 15 is 0 Å². The van der Waals surface area contributed by atoms with Crippen LogP contribution < -0.4 is 14.2 Å². The van der Waals surface area contributed by atoms with E-state index in [0.29, 0.717) is 11.5 Å². The first-order valence-electron chi connectivity index (χ1n) is 9.83. The minimum Gasteiger partial charge on any atom is -0.494 e. The fourth-order valence-corrected chi connectivity index (χ4v) is 3.40. The quantitative estimate of drug-likeness (QED) is 0.598. The molecule has 150 valence electrons. The van der Waals surface area contributed by atoms with Gasteiger partial charge in [-0.05, 0) is 67.3 Å². The Hall–Kier alpha value is -2.62. The number of fused-ring (bicyclic) bond motifs is 1. The Morgan fingerprint density at radius 3 is 2.21 bits per heavy atom. The fourth-order valence-electron chi connectivity index (χ4n) is 3.40. The first-order chi connectivity index (χ1) is 13.4. The van der Waals surface area contributed by atoms with Crippen molar-refractivity contribution in [1.29, 1.82) is 0 Å². The molecule has 0 saturated heterocycles. The molecule has 28 heavy (non-hydrogen) atoms. The van der Waals surface area contributed by atoms with Crippen molar-refractivity contribution in [3.05, 3.63) is 53.1 Å². The van der Waals surface area contributed by atoms with Gasteiger partial charge in [0.05, 0.1) is 20.8 Å². The van der Waals surface area contributed by atoms with Crippen LogP contribution in [0.3, 0.4) is 0 Å². The van der Waals surface area contributed by atoms with Crippen molar-refractivity contribution in [2.24, 2.45) is 5.92 Å². The van der Waals surface area contributed by atoms with Gasteiger partial charge in [-0.1, -0.05) is 20.8 Å². The van der Waals surface area contributed by atoms with Crippen molar-refractivity contribution >= 4 is 11.8 Å². The van der Waals surface area contributed by atoms with Gasteiger partial charge in [-0.3, -0.25) is 0 Å². The number of ether oxygens (including phenoxy) is 4. The van der Waals surface area contributed by atoms with Crippen molar-refractivity contribution in [2.45, 2.75) is 39.7 Å². The van der Waals surface area contributed by atoms with Gasteiger partial charge in [0.2, 0.25) is 0 Å². The molecule has 1 atom stereocenters. The third-order valence-electron chi connectivity index (χ3n) is 5.41. The van der Waals surface area contributed by atoms with Crippen molar-refractivity contribution in [3.8, 4) is 17.2 Å². The molecule has 1 aliphatic rings. The number of benzene rings is 2. The molecule has 4 nitrogen and oxygen atoms in total. The van der Waals surface area contributed by atoms with Crippen molar-refractivity contribution < 1.29 is 18.9 Å². The van der Waals surface area contributed by atoms with Crippen molar-refractivity contribution in [3.63, 3.8) is 0 Å². The summed E-state index contributed by atoms with van der Waals surface area (Å²) in [6.07, 6.45) is 3.06. The Kier molecular flexibility index (Phi) is 5.87. The third-order valence-corrected chi connectivity index (χ3v) is 5.41. The smallest absolute Gasteiger partial charge is 0.161 e. The molecule has 0 radical (unpaired) electrons. The molecule has 2 aromatic rings. The summed E-state index contributed by atoms with van der Waals surface area (Å²) in [5.74, 6) is 3.41. The zero-order valence-corrected chi connectivity index (χ0v) is 17.7. The maximum Gasteiger partial charge on any atom is 0.161 e. The standard InChI is InChI=1S/C24H30O4/c1-7-12-27-19-10-8-17(9-11-19)21-13-18-14-22(25-5)23(26-6)15-20(18)24(4,28-21)16(2)3/h8-11,13-16H,7,12H2,1-6H3. The molecular formula is C24H30O4. The summed E-state index contributed by atoms with van der Waals surface area (Å²) < 4.78 is 23.3. The van der Waals surface area contributed by atoms with E-state index in [1.54, 1.807) is 14.2 Å². The molecule has 0 amide bonds. The molecule has 0 bridgehead atoms. The van der Waals surface area contributed by atoms with Crippen molar-refractivity contribution in [1.82, 2.24) is 0 Å². The molecule has 1 unspecified atom stereocenters. The topological polar surface area (TPSA) is 36.9 Å². The second-order valence-electron chi connectivity index (χ2n) is 7.54. The lowest BCUT2D eigenvalue weighted by atomic mass is 9.80. The van der Waals surface area contributed by atoms with Gasteiger partial charge in [0, 0.05) is 11.1 Å². The predicted molar refractivity (Wildman–Crippen MR) is 113 cm³/mol. The van der Waals surface area contributed by atoms with Gasteiger partial charge < -0.3 is 18.9 Å². The van der Waals surface area contributed by atoms with Crippen LogP contribution in [0.1, 0.15) is 50.8 Å². The summed E-state index contributed by atoms with van der Waals surface area (Å²) in [6, 6.07) is 12.1. The van der Waals surface area contributed by atoms with E-state index in [4.69, 9.17) is 18.9 Å². The van der Waals surface area contributed by atoms with Crippen LogP contribution in [0.5, 0.6) is 17.2 Å². The highest BCUT2D eigenvalue weighted by Gasteiger charge is 2.39. The SMILES string of the molecule is CCCOc1ccc(C2=Cc3cc(OC)c(OC)cc3C(C)(C(C)C)O2)cc1. The highest BCUT2D eigenvalue weighted by Crippen LogP contribution is 2.47. The average molecular weight is 383 g/mol. The minimum absolute atomic E-state index is 0.264. The number of rotatable bonds is 7. The third kappa shape index (κ3) is 3.68. The number of hydrogen-bond acceptors (Lipinski definition) is 4. The Morgan fingerprint density at radius 1 is 1.00 bits per heavy atom. The summed E-state index contributed by atoms with van der Waals surface area (Å²) in [4.78, 5) is 0. The molecule has 1 aliphatic heterocycles. The van der Waals surface area contributed by atoms with E-state index in [1.807, 2.05) is 36.4 Å². The average Bonchev–Trinajstić information content (AvgIpc) is 2.71. The van der Waals surface area contributed by atoms with Gasteiger partial charge in [0.1, 0.15) is 17.1 Å². The van der Waals surface area contributed by atoms with E-state index in [0.717, 1.165) is 41.2 Å². The van der Waals surface area contributed by atoms with E-state index in [9.17, 15) is 0 Å².